The molecule has 0 spiro atoms. The van der Waals surface area contributed by atoms with E-state index in [0.29, 0.717) is 0 Å². The number of carboxylic acids is 1. The lowest BCUT2D eigenvalue weighted by molar-refractivity contribution is 0.0691. The standard InChI is InChI=1S/C14H16N2O3S/c1-14(2,3)11-8-20-12(16-11)7-19-10-6-15-5-4-9(10)13(17)18/h4-6,8H,7H2,1-3H3,(H,17,18). The van der Waals surface area contributed by atoms with E-state index in [1.54, 1.807) is 0 Å². The molecule has 0 aliphatic rings. The number of pyridine rings is 1. The number of carboxylic acid groups (broad SMARTS) is 1. The van der Waals surface area contributed by atoms with E-state index in [2.05, 4.69) is 30.7 Å². The van der Waals surface area contributed by atoms with E-state index in [9.17, 15) is 4.79 Å². The molecular formula is C14H16N2O3S. The van der Waals surface area contributed by atoms with Crippen LogP contribution < -0.4 is 4.74 Å². The van der Waals surface area contributed by atoms with Crippen molar-refractivity contribution in [3.05, 3.63) is 40.1 Å². The Balaban J connectivity index is 2.10. The van der Waals surface area contributed by atoms with Gasteiger partial charge in [-0.3, -0.25) is 4.98 Å². The molecule has 0 saturated heterocycles. The molecule has 0 bridgehead atoms. The zero-order chi connectivity index (χ0) is 14.8. The fourth-order valence-corrected chi connectivity index (χ4v) is 2.46. The number of thiazole rings is 1. The van der Waals surface area contributed by atoms with E-state index in [-0.39, 0.29) is 23.3 Å². The first-order valence-electron chi connectivity index (χ1n) is 6.13. The number of carbonyl (C=O) groups is 1. The first-order chi connectivity index (χ1) is 9.38. The second-order valence-corrected chi connectivity index (χ2v) is 6.28. The van der Waals surface area contributed by atoms with Crippen LogP contribution in [-0.2, 0) is 12.0 Å². The number of hydrogen-bond donors (Lipinski definition) is 1. The first kappa shape index (κ1) is 14.5. The minimum absolute atomic E-state index is 0.00469. The predicted molar refractivity (Wildman–Crippen MR) is 76.3 cm³/mol. The van der Waals surface area contributed by atoms with Crippen molar-refractivity contribution >= 4 is 17.3 Å². The molecule has 6 heteroatoms. The van der Waals surface area contributed by atoms with Gasteiger partial charge in [0.05, 0.1) is 11.9 Å². The molecule has 0 saturated carbocycles. The summed E-state index contributed by atoms with van der Waals surface area (Å²) in [6.07, 6.45) is 2.83. The van der Waals surface area contributed by atoms with Crippen LogP contribution in [0.3, 0.4) is 0 Å². The predicted octanol–water partition coefficient (Wildman–Crippen LogP) is 3.11. The SMILES string of the molecule is CC(C)(C)c1csc(COc2cnccc2C(=O)O)n1. The van der Waals surface area contributed by atoms with Crippen LogP contribution in [0.2, 0.25) is 0 Å². The van der Waals surface area contributed by atoms with E-state index >= 15 is 0 Å². The molecule has 0 amide bonds. The zero-order valence-electron chi connectivity index (χ0n) is 11.6. The highest BCUT2D eigenvalue weighted by Gasteiger charge is 2.18. The van der Waals surface area contributed by atoms with Crippen molar-refractivity contribution in [1.29, 1.82) is 0 Å². The Labute approximate surface area is 121 Å². The van der Waals surface area contributed by atoms with E-state index < -0.39 is 5.97 Å². The van der Waals surface area contributed by atoms with Crippen LogP contribution >= 0.6 is 11.3 Å². The Morgan fingerprint density at radius 3 is 2.80 bits per heavy atom. The normalized spacial score (nSPS) is 11.3. The molecule has 5 nitrogen and oxygen atoms in total. The smallest absolute Gasteiger partial charge is 0.339 e. The summed E-state index contributed by atoms with van der Waals surface area (Å²) in [6, 6.07) is 1.42. The third kappa shape index (κ3) is 3.33. The highest BCUT2D eigenvalue weighted by Crippen LogP contribution is 2.25. The molecule has 106 valence electrons. The number of nitrogens with zero attached hydrogens (tertiary/aromatic N) is 2. The fourth-order valence-electron chi connectivity index (χ4n) is 1.53. The second kappa shape index (κ2) is 5.58. The van der Waals surface area contributed by atoms with Gasteiger partial charge in [-0.25, -0.2) is 9.78 Å². The minimum atomic E-state index is -1.03. The lowest BCUT2D eigenvalue weighted by atomic mass is 9.93. The Kier molecular flexibility index (Phi) is 4.04. The maximum atomic E-state index is 11.0. The molecule has 2 rings (SSSR count). The Morgan fingerprint density at radius 2 is 2.20 bits per heavy atom. The van der Waals surface area contributed by atoms with E-state index in [1.807, 2.05) is 5.38 Å². The molecule has 2 aromatic rings. The largest absolute Gasteiger partial charge is 0.484 e. The highest BCUT2D eigenvalue weighted by atomic mass is 32.1. The van der Waals surface area contributed by atoms with Gasteiger partial charge in [0.15, 0.2) is 5.75 Å². The minimum Gasteiger partial charge on any atom is -0.484 e. The zero-order valence-corrected chi connectivity index (χ0v) is 12.4. The molecule has 0 unspecified atom stereocenters. The van der Waals surface area contributed by atoms with Crippen LogP contribution in [-0.4, -0.2) is 21.0 Å². The van der Waals surface area contributed by atoms with Crippen LogP contribution in [0.25, 0.3) is 0 Å². The fraction of sp³-hybridized carbons (Fsp3) is 0.357. The molecule has 0 radical (unpaired) electrons. The molecule has 0 atom stereocenters. The van der Waals surface area contributed by atoms with Gasteiger partial charge in [-0.05, 0) is 6.07 Å². The van der Waals surface area contributed by atoms with Crippen LogP contribution in [0.5, 0.6) is 5.75 Å². The summed E-state index contributed by atoms with van der Waals surface area (Å²) in [4.78, 5) is 19.4. The van der Waals surface area contributed by atoms with Gasteiger partial charge in [-0.2, -0.15) is 0 Å². The van der Waals surface area contributed by atoms with Crippen molar-refractivity contribution in [3.63, 3.8) is 0 Å². The molecule has 0 aliphatic carbocycles. The Morgan fingerprint density at radius 1 is 1.45 bits per heavy atom. The summed E-state index contributed by atoms with van der Waals surface area (Å²) in [5, 5.41) is 11.9. The summed E-state index contributed by atoms with van der Waals surface area (Å²) in [6.45, 7) is 6.52. The molecule has 20 heavy (non-hydrogen) atoms. The molecule has 0 fully saturated rings. The maximum Gasteiger partial charge on any atom is 0.339 e. The third-order valence-corrected chi connectivity index (χ3v) is 3.51. The van der Waals surface area contributed by atoms with Crippen molar-refractivity contribution in [2.75, 3.05) is 0 Å². The summed E-state index contributed by atoms with van der Waals surface area (Å²) in [7, 11) is 0. The van der Waals surface area contributed by atoms with Crippen LogP contribution in [0.4, 0.5) is 0 Å². The van der Waals surface area contributed by atoms with Crippen LogP contribution in [0, 0.1) is 0 Å². The summed E-state index contributed by atoms with van der Waals surface area (Å²) < 4.78 is 5.52. The number of aromatic nitrogens is 2. The summed E-state index contributed by atoms with van der Waals surface area (Å²) in [5.41, 5.74) is 1.10. The summed E-state index contributed by atoms with van der Waals surface area (Å²) in [5.74, 6) is -0.774. The van der Waals surface area contributed by atoms with Crippen LogP contribution in [0.1, 0.15) is 41.8 Å². The molecule has 0 aromatic carbocycles. The number of rotatable bonds is 4. The lowest BCUT2D eigenvalue weighted by Crippen LogP contribution is -2.11. The third-order valence-electron chi connectivity index (χ3n) is 2.69. The van der Waals surface area contributed by atoms with Crippen molar-refractivity contribution < 1.29 is 14.6 Å². The number of ether oxygens (including phenoxy) is 1. The van der Waals surface area contributed by atoms with Gasteiger partial charge in [0.25, 0.3) is 0 Å². The molecule has 1 N–H and O–H groups in total. The quantitative estimate of drug-likeness (QED) is 0.937. The van der Waals surface area contributed by atoms with Gasteiger partial charge in [0.1, 0.15) is 17.2 Å². The average molecular weight is 292 g/mol. The van der Waals surface area contributed by atoms with Gasteiger partial charge in [0.2, 0.25) is 0 Å². The molecular weight excluding hydrogens is 276 g/mol. The highest BCUT2D eigenvalue weighted by molar-refractivity contribution is 7.09. The Bertz CT molecular complexity index is 617. The van der Waals surface area contributed by atoms with Gasteiger partial charge in [0, 0.05) is 17.0 Å². The summed E-state index contributed by atoms with van der Waals surface area (Å²) >= 11 is 1.51. The van der Waals surface area contributed by atoms with Crippen molar-refractivity contribution in [3.8, 4) is 5.75 Å². The average Bonchev–Trinajstić information content (AvgIpc) is 2.85. The van der Waals surface area contributed by atoms with Crippen LogP contribution in [0.15, 0.2) is 23.8 Å². The van der Waals surface area contributed by atoms with Crippen molar-refractivity contribution in [2.45, 2.75) is 32.8 Å². The monoisotopic (exact) mass is 292 g/mol. The molecule has 2 aromatic heterocycles. The maximum absolute atomic E-state index is 11.0. The van der Waals surface area contributed by atoms with Gasteiger partial charge >= 0.3 is 5.97 Å². The topological polar surface area (TPSA) is 72.3 Å². The van der Waals surface area contributed by atoms with Crippen molar-refractivity contribution in [1.82, 2.24) is 9.97 Å². The van der Waals surface area contributed by atoms with Gasteiger partial charge in [-0.15, -0.1) is 11.3 Å². The molecule has 2 heterocycles. The lowest BCUT2D eigenvalue weighted by Gasteiger charge is -2.14. The first-order valence-corrected chi connectivity index (χ1v) is 7.01. The van der Waals surface area contributed by atoms with E-state index in [4.69, 9.17) is 9.84 Å². The number of aromatic carboxylic acids is 1. The van der Waals surface area contributed by atoms with E-state index in [0.717, 1.165) is 10.7 Å². The van der Waals surface area contributed by atoms with Gasteiger partial charge < -0.3 is 9.84 Å². The molecule has 0 aliphatic heterocycles. The van der Waals surface area contributed by atoms with Crippen molar-refractivity contribution in [2.24, 2.45) is 0 Å². The van der Waals surface area contributed by atoms with E-state index in [1.165, 1.54) is 29.8 Å². The Hall–Kier alpha value is -1.95. The second-order valence-electron chi connectivity index (χ2n) is 5.34. The van der Waals surface area contributed by atoms with Gasteiger partial charge in [-0.1, -0.05) is 20.8 Å². The number of hydrogen-bond acceptors (Lipinski definition) is 5.